The molecule has 0 saturated heterocycles. The van der Waals surface area contributed by atoms with Crippen molar-refractivity contribution in [3.05, 3.63) is 77.9 Å². The molecule has 152 valence electrons. The maximum atomic E-state index is 11.8. The van der Waals surface area contributed by atoms with Gasteiger partial charge in [-0.3, -0.25) is 9.54 Å². The molecule has 0 spiro atoms. The molecule has 0 atom stereocenters. The first kappa shape index (κ1) is 23.3. The molecule has 7 nitrogen and oxygen atoms in total. The molecular weight excluding hydrogens is 447 g/mol. The summed E-state index contributed by atoms with van der Waals surface area (Å²) in [4.78, 5) is 4.06. The number of anilines is 1. The van der Waals surface area contributed by atoms with E-state index in [1.54, 1.807) is 42.5 Å². The first-order valence-corrected chi connectivity index (χ1v) is 10.6. The van der Waals surface area contributed by atoms with Gasteiger partial charge in [-0.05, 0) is 24.3 Å². The second-order valence-electron chi connectivity index (χ2n) is 6.41. The Labute approximate surface area is 206 Å². The van der Waals surface area contributed by atoms with Crippen LogP contribution in [-0.4, -0.2) is 47.5 Å². The first-order chi connectivity index (χ1) is 14.3. The average Bonchev–Trinajstić information content (AvgIpc) is 2.73. The molecule has 0 aliphatic carbocycles. The number of benzene rings is 3. The summed E-state index contributed by atoms with van der Waals surface area (Å²) in [6.07, 6.45) is 1.52. The molecule has 0 radical (unpaired) electrons. The molecule has 31 heavy (non-hydrogen) atoms. The van der Waals surface area contributed by atoms with Crippen LogP contribution in [0.15, 0.2) is 88.1 Å². The predicted octanol–water partition coefficient (Wildman–Crippen LogP) is 5.15. The van der Waals surface area contributed by atoms with E-state index in [1.807, 2.05) is 18.2 Å². The van der Waals surface area contributed by atoms with Gasteiger partial charge in [-0.25, -0.2) is 0 Å². The molecule has 4 aromatic rings. The van der Waals surface area contributed by atoms with Gasteiger partial charge in [0.25, 0.3) is 10.1 Å². The fourth-order valence-corrected chi connectivity index (χ4v) is 3.98. The molecule has 0 fully saturated rings. The van der Waals surface area contributed by atoms with Crippen molar-refractivity contribution in [2.75, 3.05) is 5.73 Å². The number of fused-ring (bicyclic) bond motifs is 1. The fourth-order valence-electron chi connectivity index (χ4n) is 3.03. The van der Waals surface area contributed by atoms with E-state index in [1.165, 1.54) is 12.3 Å². The number of nitrogens with two attached hydrogens (primary N) is 1. The molecule has 0 saturated carbocycles. The Morgan fingerprint density at radius 3 is 2.26 bits per heavy atom. The topological polar surface area (TPSA) is 118 Å². The first-order valence-electron chi connectivity index (χ1n) is 8.76. The molecule has 3 aromatic carbocycles. The monoisotopic (exact) mass is 462 g/mol. The third-order valence-electron chi connectivity index (χ3n) is 4.48. The number of aromatic nitrogens is 1. The Kier molecular flexibility index (Phi) is 7.10. The molecule has 1 heterocycles. The summed E-state index contributed by atoms with van der Waals surface area (Å²) in [5.74, 6) is 0. The van der Waals surface area contributed by atoms with Crippen LogP contribution in [0.2, 0.25) is 5.02 Å². The Morgan fingerprint density at radius 1 is 0.935 bits per heavy atom. The molecule has 0 aliphatic heterocycles. The van der Waals surface area contributed by atoms with Crippen LogP contribution in [-0.2, 0) is 10.1 Å². The maximum absolute atomic E-state index is 11.8. The third kappa shape index (κ3) is 4.95. The van der Waals surface area contributed by atoms with Gasteiger partial charge in [0.1, 0.15) is 16.3 Å². The number of hydrogen-bond donors (Lipinski definition) is 2. The standard InChI is InChI=1S/C21H15ClN4O3S.Na.H/c22-17-8-4-3-7-16(17)18-10-9-13(12-24-18)25-26-19-11-20(30(27,28)29)14-5-1-2-6-15(14)21(19)23;;/h1-12H,23H2,(H,27,28,29);;. The van der Waals surface area contributed by atoms with Crippen molar-refractivity contribution in [3.63, 3.8) is 0 Å². The van der Waals surface area contributed by atoms with E-state index in [0.717, 1.165) is 5.56 Å². The van der Waals surface area contributed by atoms with Crippen LogP contribution in [0.3, 0.4) is 0 Å². The summed E-state index contributed by atoms with van der Waals surface area (Å²) in [6.45, 7) is 0. The summed E-state index contributed by atoms with van der Waals surface area (Å²) < 4.78 is 33.2. The van der Waals surface area contributed by atoms with Gasteiger partial charge in [-0.15, -0.1) is 10.2 Å². The number of rotatable bonds is 4. The van der Waals surface area contributed by atoms with Crippen molar-refractivity contribution in [2.24, 2.45) is 10.2 Å². The van der Waals surface area contributed by atoms with Gasteiger partial charge >= 0.3 is 29.6 Å². The van der Waals surface area contributed by atoms with Crippen LogP contribution < -0.4 is 5.73 Å². The van der Waals surface area contributed by atoms with Gasteiger partial charge in [-0.2, -0.15) is 8.42 Å². The van der Waals surface area contributed by atoms with Crippen molar-refractivity contribution in [1.29, 1.82) is 0 Å². The van der Waals surface area contributed by atoms with Gasteiger partial charge < -0.3 is 5.73 Å². The van der Waals surface area contributed by atoms with Crippen LogP contribution in [0.5, 0.6) is 0 Å². The minimum atomic E-state index is -4.47. The molecule has 1 aromatic heterocycles. The number of nitrogens with zero attached hydrogens (tertiary/aromatic N) is 3. The molecule has 0 bridgehead atoms. The minimum absolute atomic E-state index is 0. The van der Waals surface area contributed by atoms with Crippen molar-refractivity contribution < 1.29 is 13.0 Å². The summed E-state index contributed by atoms with van der Waals surface area (Å²) in [7, 11) is -4.47. The number of halogens is 1. The summed E-state index contributed by atoms with van der Waals surface area (Å²) in [6, 6.07) is 18.6. The summed E-state index contributed by atoms with van der Waals surface area (Å²) in [5, 5.41) is 9.52. The van der Waals surface area contributed by atoms with Gasteiger partial charge in [-0.1, -0.05) is 54.1 Å². The Morgan fingerprint density at radius 2 is 1.61 bits per heavy atom. The average molecular weight is 463 g/mol. The van der Waals surface area contributed by atoms with E-state index in [0.29, 0.717) is 27.2 Å². The summed E-state index contributed by atoms with van der Waals surface area (Å²) in [5.41, 5.74) is 8.43. The van der Waals surface area contributed by atoms with Crippen molar-refractivity contribution in [2.45, 2.75) is 4.90 Å². The SMILES string of the molecule is Nc1c(N=Nc2ccc(-c3ccccc3Cl)nc2)cc(S(=O)(=O)O)c2ccccc12.[NaH]. The third-order valence-corrected chi connectivity index (χ3v) is 5.70. The second kappa shape index (κ2) is 9.44. The molecule has 0 unspecified atom stereocenters. The zero-order chi connectivity index (χ0) is 21.3. The van der Waals surface area contributed by atoms with E-state index in [9.17, 15) is 13.0 Å². The van der Waals surface area contributed by atoms with Crippen molar-refractivity contribution in [3.8, 4) is 11.3 Å². The fraction of sp³-hybridized carbons (Fsp3) is 0. The van der Waals surface area contributed by atoms with Crippen LogP contribution in [0.1, 0.15) is 0 Å². The Hall–Kier alpha value is -2.33. The zero-order valence-electron chi connectivity index (χ0n) is 15.4. The molecular formula is C21H16ClN4NaO3S. The van der Waals surface area contributed by atoms with E-state index < -0.39 is 10.1 Å². The molecule has 0 amide bonds. The molecule has 4 rings (SSSR count). The van der Waals surface area contributed by atoms with Gasteiger partial charge in [0, 0.05) is 21.4 Å². The molecule has 3 N–H and O–H groups in total. The number of azo groups is 1. The van der Waals surface area contributed by atoms with E-state index in [2.05, 4.69) is 15.2 Å². The Balaban J connectivity index is 0.00000272. The van der Waals surface area contributed by atoms with E-state index in [-0.39, 0.29) is 45.8 Å². The van der Waals surface area contributed by atoms with E-state index in [4.69, 9.17) is 17.3 Å². The molecule has 0 aliphatic rings. The van der Waals surface area contributed by atoms with Gasteiger partial charge in [0.2, 0.25) is 0 Å². The van der Waals surface area contributed by atoms with Gasteiger partial charge in [0.05, 0.1) is 17.6 Å². The van der Waals surface area contributed by atoms with Crippen molar-refractivity contribution in [1.82, 2.24) is 4.98 Å². The number of hydrogen-bond acceptors (Lipinski definition) is 6. The van der Waals surface area contributed by atoms with Crippen molar-refractivity contribution >= 4 is 79.1 Å². The second-order valence-corrected chi connectivity index (χ2v) is 8.21. The summed E-state index contributed by atoms with van der Waals surface area (Å²) >= 11 is 6.19. The quantitative estimate of drug-likeness (QED) is 0.188. The van der Waals surface area contributed by atoms with Gasteiger partial charge in [0.15, 0.2) is 0 Å². The van der Waals surface area contributed by atoms with Crippen LogP contribution >= 0.6 is 11.6 Å². The Bertz CT molecular complexity index is 1390. The zero-order valence-corrected chi connectivity index (χ0v) is 17.0. The number of pyridine rings is 1. The van der Waals surface area contributed by atoms with Crippen LogP contribution in [0, 0.1) is 0 Å². The normalized spacial score (nSPS) is 11.5. The van der Waals surface area contributed by atoms with Crippen LogP contribution in [0.4, 0.5) is 17.1 Å². The van der Waals surface area contributed by atoms with E-state index >= 15 is 0 Å². The number of nitrogen functional groups attached to an aromatic ring is 1. The predicted molar refractivity (Wildman–Crippen MR) is 124 cm³/mol. The molecule has 10 heteroatoms. The van der Waals surface area contributed by atoms with Crippen LogP contribution in [0.25, 0.3) is 22.0 Å².